The van der Waals surface area contributed by atoms with E-state index in [-0.39, 0.29) is 12.5 Å². The number of unbranched alkanes of at least 4 members (excludes halogenated alkanes) is 21. The van der Waals surface area contributed by atoms with Crippen molar-refractivity contribution >= 4 is 5.91 Å². The molecular weight excluding hydrogens is 743 g/mol. The lowest BCUT2D eigenvalue weighted by Crippen LogP contribution is -2.60. The summed E-state index contributed by atoms with van der Waals surface area (Å²) in [5.74, 6) is -0.185. The summed E-state index contributed by atoms with van der Waals surface area (Å²) >= 11 is 0. The van der Waals surface area contributed by atoms with Crippen LogP contribution in [0.2, 0.25) is 0 Å². The first-order valence-corrected chi connectivity index (χ1v) is 24.0. The molecule has 0 aromatic carbocycles. The summed E-state index contributed by atoms with van der Waals surface area (Å²) in [5.41, 5.74) is 0. The zero-order valence-electron chi connectivity index (χ0n) is 37.5. The fourth-order valence-corrected chi connectivity index (χ4v) is 7.26. The molecule has 9 heteroatoms. The van der Waals surface area contributed by atoms with Crippen LogP contribution in [0.1, 0.15) is 194 Å². The summed E-state index contributed by atoms with van der Waals surface area (Å²) in [6.07, 6.45) is 46.3. The van der Waals surface area contributed by atoms with Gasteiger partial charge in [-0.1, -0.05) is 190 Å². The van der Waals surface area contributed by atoms with E-state index in [2.05, 4.69) is 67.8 Å². The highest BCUT2D eigenvalue weighted by Gasteiger charge is 2.44. The number of amides is 1. The third kappa shape index (κ3) is 30.6. The fraction of sp³-hybridized carbons (Fsp3) is 0.780. The minimum atomic E-state index is -1.56. The molecule has 1 amide bonds. The number of aliphatic hydroxyl groups is 5. The topological polar surface area (TPSA) is 149 Å². The van der Waals surface area contributed by atoms with Gasteiger partial charge in [0.15, 0.2) is 6.29 Å². The van der Waals surface area contributed by atoms with Crippen molar-refractivity contribution in [3.8, 4) is 0 Å². The number of carbonyl (C=O) groups excluding carboxylic acids is 1. The Bertz CT molecular complexity index is 1100. The smallest absolute Gasteiger partial charge is 0.220 e. The van der Waals surface area contributed by atoms with Gasteiger partial charge in [0.05, 0.1) is 25.4 Å². The Morgan fingerprint density at radius 2 is 1.05 bits per heavy atom. The second kappa shape index (κ2) is 40.0. The maximum absolute atomic E-state index is 12.8. The van der Waals surface area contributed by atoms with Crippen LogP contribution in [0.5, 0.6) is 0 Å². The maximum atomic E-state index is 12.8. The Morgan fingerprint density at radius 1 is 0.593 bits per heavy atom. The van der Waals surface area contributed by atoms with Crippen molar-refractivity contribution in [2.45, 2.75) is 236 Å². The van der Waals surface area contributed by atoms with Gasteiger partial charge in [-0.15, -0.1) is 0 Å². The van der Waals surface area contributed by atoms with Crippen LogP contribution in [0, 0.1) is 0 Å². The van der Waals surface area contributed by atoms with E-state index in [0.29, 0.717) is 6.42 Å². The number of carbonyl (C=O) groups is 1. The summed E-state index contributed by atoms with van der Waals surface area (Å²) in [6, 6.07) is -0.801. The van der Waals surface area contributed by atoms with Crippen molar-refractivity contribution in [1.82, 2.24) is 5.32 Å². The van der Waals surface area contributed by atoms with E-state index in [1.165, 1.54) is 103 Å². The maximum Gasteiger partial charge on any atom is 0.220 e. The van der Waals surface area contributed by atoms with Gasteiger partial charge >= 0.3 is 0 Å². The first-order valence-electron chi connectivity index (χ1n) is 24.0. The van der Waals surface area contributed by atoms with Crippen LogP contribution in [0.4, 0.5) is 0 Å². The van der Waals surface area contributed by atoms with E-state index in [1.54, 1.807) is 6.08 Å². The zero-order valence-corrected chi connectivity index (χ0v) is 37.5. The first-order chi connectivity index (χ1) is 28.8. The summed E-state index contributed by atoms with van der Waals surface area (Å²) in [6.45, 7) is 3.54. The largest absolute Gasteiger partial charge is 0.394 e. The highest BCUT2D eigenvalue weighted by molar-refractivity contribution is 5.76. The highest BCUT2D eigenvalue weighted by atomic mass is 16.7. The highest BCUT2D eigenvalue weighted by Crippen LogP contribution is 2.22. The number of allylic oxidation sites excluding steroid dienone is 9. The molecule has 0 aromatic rings. The molecule has 342 valence electrons. The number of nitrogens with one attached hydrogen (secondary N) is 1. The quantitative estimate of drug-likeness (QED) is 0.0265. The zero-order chi connectivity index (χ0) is 43.0. The molecule has 1 rings (SSSR count). The lowest BCUT2D eigenvalue weighted by molar-refractivity contribution is -0.302. The number of hydrogen-bond acceptors (Lipinski definition) is 8. The van der Waals surface area contributed by atoms with Gasteiger partial charge in [-0.05, 0) is 57.8 Å². The van der Waals surface area contributed by atoms with Crippen LogP contribution in [-0.4, -0.2) is 87.5 Å². The van der Waals surface area contributed by atoms with Gasteiger partial charge in [0.25, 0.3) is 0 Å². The van der Waals surface area contributed by atoms with Crippen LogP contribution in [0.3, 0.4) is 0 Å². The van der Waals surface area contributed by atoms with Crippen molar-refractivity contribution in [3.63, 3.8) is 0 Å². The third-order valence-corrected chi connectivity index (χ3v) is 11.1. The Balaban J connectivity index is 2.05. The average Bonchev–Trinajstić information content (AvgIpc) is 3.23. The molecule has 0 spiro atoms. The minimum Gasteiger partial charge on any atom is -0.394 e. The number of ether oxygens (including phenoxy) is 2. The molecule has 1 saturated heterocycles. The van der Waals surface area contributed by atoms with E-state index >= 15 is 0 Å². The molecule has 0 radical (unpaired) electrons. The molecule has 0 aromatic heterocycles. The monoisotopic (exact) mass is 832 g/mol. The predicted octanol–water partition coefficient (Wildman–Crippen LogP) is 10.4. The first kappa shape index (κ1) is 54.9. The van der Waals surface area contributed by atoms with Crippen LogP contribution in [0.25, 0.3) is 0 Å². The Hall–Kier alpha value is -2.11. The molecule has 59 heavy (non-hydrogen) atoms. The van der Waals surface area contributed by atoms with Gasteiger partial charge in [-0.3, -0.25) is 4.79 Å². The van der Waals surface area contributed by atoms with Gasteiger partial charge in [-0.25, -0.2) is 0 Å². The fourth-order valence-electron chi connectivity index (χ4n) is 7.26. The van der Waals surface area contributed by atoms with E-state index in [9.17, 15) is 30.3 Å². The molecule has 1 fully saturated rings. The van der Waals surface area contributed by atoms with Gasteiger partial charge in [0.2, 0.25) is 5.91 Å². The van der Waals surface area contributed by atoms with E-state index < -0.39 is 49.5 Å². The summed E-state index contributed by atoms with van der Waals surface area (Å²) in [7, 11) is 0. The van der Waals surface area contributed by atoms with Crippen molar-refractivity contribution in [2.24, 2.45) is 0 Å². The van der Waals surface area contributed by atoms with Crippen molar-refractivity contribution in [3.05, 3.63) is 60.8 Å². The Morgan fingerprint density at radius 3 is 1.56 bits per heavy atom. The summed E-state index contributed by atoms with van der Waals surface area (Å²) < 4.78 is 11.1. The lowest BCUT2D eigenvalue weighted by atomic mass is 9.99. The lowest BCUT2D eigenvalue weighted by Gasteiger charge is -2.40. The molecule has 0 saturated carbocycles. The third-order valence-electron chi connectivity index (χ3n) is 11.1. The van der Waals surface area contributed by atoms with Crippen molar-refractivity contribution in [1.29, 1.82) is 0 Å². The predicted molar refractivity (Wildman–Crippen MR) is 244 cm³/mol. The van der Waals surface area contributed by atoms with Gasteiger partial charge in [0.1, 0.15) is 24.4 Å². The minimum absolute atomic E-state index is 0.185. The molecular formula is C50H89NO8. The summed E-state index contributed by atoms with van der Waals surface area (Å²) in [5, 5.41) is 53.7. The van der Waals surface area contributed by atoms with Gasteiger partial charge < -0.3 is 40.3 Å². The second-order valence-corrected chi connectivity index (χ2v) is 16.5. The molecule has 0 aliphatic carbocycles. The standard InChI is InChI=1S/C50H89NO8/c1-3-5-7-9-10-11-12-13-14-15-16-17-18-19-20-21-22-23-24-25-26-27-28-29-30-31-32-33-34-36-38-40-46(54)51-43(44(53)39-37-35-8-6-4-2)42-58-50-49(57)48(56)47(55)45(41-52)59-50/h5,7,10-11,13-14,16-17,37,39,43-45,47-50,52-53,55-57H,3-4,6,8-9,12,15,18-36,38,40-42H2,1-2H3,(H,51,54)/b7-5-,11-10-,14-13-,17-16-,39-37+. The molecule has 0 bridgehead atoms. The van der Waals surface area contributed by atoms with E-state index in [4.69, 9.17) is 9.47 Å². The number of aliphatic hydroxyl groups excluding tert-OH is 5. The molecule has 7 unspecified atom stereocenters. The van der Waals surface area contributed by atoms with Crippen LogP contribution in [0.15, 0.2) is 60.8 Å². The Labute approximate surface area is 360 Å². The average molecular weight is 832 g/mol. The SMILES string of the molecule is CC/C=C\C/C=C\C/C=C\C/C=C\CCCCCCCCCCCCCCCCCCCCC(=O)NC(COC1OC(CO)C(O)C(O)C1O)C(O)/C=C/CCCCC. The van der Waals surface area contributed by atoms with Crippen LogP contribution < -0.4 is 5.32 Å². The Kier molecular flexibility index (Phi) is 37.2. The van der Waals surface area contributed by atoms with E-state index in [0.717, 1.165) is 70.6 Å². The van der Waals surface area contributed by atoms with E-state index in [1.807, 2.05) is 6.08 Å². The normalized spacial score (nSPS) is 21.2. The molecule has 1 aliphatic heterocycles. The van der Waals surface area contributed by atoms with Gasteiger partial charge in [-0.2, -0.15) is 0 Å². The van der Waals surface area contributed by atoms with Crippen molar-refractivity contribution < 1.29 is 39.8 Å². The molecule has 7 atom stereocenters. The summed E-state index contributed by atoms with van der Waals surface area (Å²) in [4.78, 5) is 12.8. The second-order valence-electron chi connectivity index (χ2n) is 16.5. The van der Waals surface area contributed by atoms with Crippen LogP contribution >= 0.6 is 0 Å². The number of hydrogen-bond donors (Lipinski definition) is 6. The molecule has 1 aliphatic rings. The van der Waals surface area contributed by atoms with Crippen LogP contribution in [-0.2, 0) is 14.3 Å². The molecule has 6 N–H and O–H groups in total. The number of rotatable bonds is 39. The molecule has 1 heterocycles. The molecule has 9 nitrogen and oxygen atoms in total. The van der Waals surface area contributed by atoms with Gasteiger partial charge in [0, 0.05) is 6.42 Å². The van der Waals surface area contributed by atoms with Crippen molar-refractivity contribution in [2.75, 3.05) is 13.2 Å².